The predicted molar refractivity (Wildman–Crippen MR) is 67.1 cm³/mol. The lowest BCUT2D eigenvalue weighted by atomic mass is 10.1. The lowest BCUT2D eigenvalue weighted by molar-refractivity contribution is -0.162. The van der Waals surface area contributed by atoms with E-state index in [2.05, 4.69) is 4.74 Å². The third-order valence-corrected chi connectivity index (χ3v) is 3.02. The first-order valence-electron chi connectivity index (χ1n) is 6.41. The number of aryl methyl sites for hydroxylation is 1. The minimum atomic E-state index is -4.49. The zero-order valence-electron chi connectivity index (χ0n) is 11.1. The monoisotopic (exact) mass is 287 g/mol. The molecule has 2 rings (SSSR count). The zero-order valence-corrected chi connectivity index (χ0v) is 11.1. The van der Waals surface area contributed by atoms with E-state index in [0.717, 1.165) is 24.0 Å². The van der Waals surface area contributed by atoms with Crippen molar-refractivity contribution in [3.8, 4) is 0 Å². The number of carbonyl (C=O) groups excluding carboxylic acids is 1. The Morgan fingerprint density at radius 2 is 2.10 bits per heavy atom. The summed E-state index contributed by atoms with van der Waals surface area (Å²) in [7, 11) is 0. The van der Waals surface area contributed by atoms with E-state index in [-0.39, 0.29) is 12.6 Å². The van der Waals surface area contributed by atoms with Crippen molar-refractivity contribution in [3.05, 3.63) is 35.4 Å². The van der Waals surface area contributed by atoms with Crippen molar-refractivity contribution in [3.63, 3.8) is 0 Å². The van der Waals surface area contributed by atoms with E-state index in [0.29, 0.717) is 0 Å². The largest absolute Gasteiger partial charge is 0.440 e. The van der Waals surface area contributed by atoms with Gasteiger partial charge in [0.2, 0.25) is 0 Å². The number of carbonyl (C=O) groups is 1. The van der Waals surface area contributed by atoms with Gasteiger partial charge in [-0.3, -0.25) is 0 Å². The molecule has 3 nitrogen and oxygen atoms in total. The summed E-state index contributed by atoms with van der Waals surface area (Å²) in [5.74, 6) is 0. The molecular formula is C14H16F3NO2. The van der Waals surface area contributed by atoms with Crippen LogP contribution in [-0.4, -0.2) is 29.8 Å². The topological polar surface area (TPSA) is 29.5 Å². The lowest BCUT2D eigenvalue weighted by Gasteiger charge is -2.22. The fourth-order valence-electron chi connectivity index (χ4n) is 1.96. The molecule has 1 aliphatic rings. The fraction of sp³-hybridized carbons (Fsp3) is 0.500. The van der Waals surface area contributed by atoms with Crippen molar-refractivity contribution >= 4 is 6.09 Å². The molecule has 110 valence electrons. The highest BCUT2D eigenvalue weighted by Gasteiger charge is 2.36. The highest BCUT2D eigenvalue weighted by molar-refractivity contribution is 5.68. The summed E-state index contributed by atoms with van der Waals surface area (Å²) in [5.41, 5.74) is 1.93. The summed E-state index contributed by atoms with van der Waals surface area (Å²) < 4.78 is 40.6. The summed E-state index contributed by atoms with van der Waals surface area (Å²) in [4.78, 5) is 13.1. The number of ether oxygens (including phenoxy) is 1. The van der Waals surface area contributed by atoms with Crippen LogP contribution in [0, 0.1) is 6.92 Å². The van der Waals surface area contributed by atoms with Crippen molar-refractivity contribution < 1.29 is 22.7 Å². The molecule has 1 fully saturated rings. The number of benzene rings is 1. The first-order valence-corrected chi connectivity index (χ1v) is 6.41. The van der Waals surface area contributed by atoms with Gasteiger partial charge < -0.3 is 9.64 Å². The SMILES string of the molecule is Cc1cccc(CN(C(=O)OCC(F)(F)F)C2CC2)c1. The highest BCUT2D eigenvalue weighted by atomic mass is 19.4. The standard InChI is InChI=1S/C14H16F3NO2/c1-10-3-2-4-11(7-10)8-18(12-5-6-12)13(19)20-9-14(15,16)17/h2-4,7,12H,5-6,8-9H2,1H3. The summed E-state index contributed by atoms with van der Waals surface area (Å²) in [6.45, 7) is 0.666. The number of hydrogen-bond donors (Lipinski definition) is 0. The van der Waals surface area contributed by atoms with Crippen LogP contribution in [0.4, 0.5) is 18.0 Å². The van der Waals surface area contributed by atoms with Crippen LogP contribution in [0.1, 0.15) is 24.0 Å². The van der Waals surface area contributed by atoms with Crippen molar-refractivity contribution in [2.75, 3.05) is 6.61 Å². The second-order valence-electron chi connectivity index (χ2n) is 5.02. The Kier molecular flexibility index (Phi) is 4.20. The fourth-order valence-corrected chi connectivity index (χ4v) is 1.96. The number of rotatable bonds is 4. The Morgan fingerprint density at radius 3 is 2.65 bits per heavy atom. The predicted octanol–water partition coefficient (Wildman–Crippen LogP) is 3.66. The molecule has 0 N–H and O–H groups in total. The van der Waals surface area contributed by atoms with Gasteiger partial charge in [0.15, 0.2) is 6.61 Å². The number of amides is 1. The molecule has 0 aromatic heterocycles. The van der Waals surface area contributed by atoms with Crippen LogP contribution < -0.4 is 0 Å². The molecule has 0 heterocycles. The first kappa shape index (κ1) is 14.7. The normalized spacial score (nSPS) is 15.0. The van der Waals surface area contributed by atoms with E-state index < -0.39 is 18.9 Å². The number of hydrogen-bond acceptors (Lipinski definition) is 2. The van der Waals surface area contributed by atoms with Crippen LogP contribution >= 0.6 is 0 Å². The summed E-state index contributed by atoms with van der Waals surface area (Å²) >= 11 is 0. The van der Waals surface area contributed by atoms with Gasteiger partial charge in [0.1, 0.15) is 0 Å². The molecule has 1 aliphatic carbocycles. The molecule has 0 atom stereocenters. The highest BCUT2D eigenvalue weighted by Crippen LogP contribution is 2.29. The van der Waals surface area contributed by atoms with Crippen LogP contribution in [-0.2, 0) is 11.3 Å². The molecule has 0 bridgehead atoms. The molecule has 1 saturated carbocycles. The Balaban J connectivity index is 1.98. The van der Waals surface area contributed by atoms with E-state index in [1.165, 1.54) is 4.90 Å². The number of alkyl halides is 3. The van der Waals surface area contributed by atoms with Gasteiger partial charge in [-0.15, -0.1) is 0 Å². The quantitative estimate of drug-likeness (QED) is 0.845. The van der Waals surface area contributed by atoms with Gasteiger partial charge in [-0.25, -0.2) is 4.79 Å². The molecule has 0 aliphatic heterocycles. The Hall–Kier alpha value is -1.72. The summed E-state index contributed by atoms with van der Waals surface area (Å²) in [5, 5.41) is 0. The van der Waals surface area contributed by atoms with Crippen molar-refractivity contribution in [2.24, 2.45) is 0 Å². The summed E-state index contributed by atoms with van der Waals surface area (Å²) in [6, 6.07) is 7.53. The Morgan fingerprint density at radius 1 is 1.40 bits per heavy atom. The maximum absolute atomic E-state index is 12.1. The van der Waals surface area contributed by atoms with Gasteiger partial charge in [0, 0.05) is 12.6 Å². The Labute approximate surface area is 115 Å². The Bertz CT molecular complexity index is 484. The average Bonchev–Trinajstić information content (AvgIpc) is 3.16. The second-order valence-corrected chi connectivity index (χ2v) is 5.02. The van der Waals surface area contributed by atoms with Crippen molar-refractivity contribution in [1.29, 1.82) is 0 Å². The number of nitrogens with zero attached hydrogens (tertiary/aromatic N) is 1. The van der Waals surface area contributed by atoms with Gasteiger partial charge in [-0.1, -0.05) is 29.8 Å². The molecule has 20 heavy (non-hydrogen) atoms. The van der Waals surface area contributed by atoms with Crippen molar-refractivity contribution in [2.45, 2.75) is 38.5 Å². The van der Waals surface area contributed by atoms with Crippen LogP contribution in [0.2, 0.25) is 0 Å². The lowest BCUT2D eigenvalue weighted by Crippen LogP contribution is -2.35. The van der Waals surface area contributed by atoms with Gasteiger partial charge >= 0.3 is 12.3 Å². The van der Waals surface area contributed by atoms with Crippen LogP contribution in [0.3, 0.4) is 0 Å². The van der Waals surface area contributed by atoms with Gasteiger partial charge in [0.25, 0.3) is 0 Å². The van der Waals surface area contributed by atoms with Crippen LogP contribution in [0.5, 0.6) is 0 Å². The van der Waals surface area contributed by atoms with E-state index in [1.54, 1.807) is 0 Å². The van der Waals surface area contributed by atoms with Gasteiger partial charge in [-0.2, -0.15) is 13.2 Å². The third-order valence-electron chi connectivity index (χ3n) is 3.02. The first-order chi connectivity index (χ1) is 9.35. The van der Waals surface area contributed by atoms with E-state index in [4.69, 9.17) is 0 Å². The van der Waals surface area contributed by atoms with E-state index in [9.17, 15) is 18.0 Å². The summed E-state index contributed by atoms with van der Waals surface area (Å²) in [6.07, 6.45) is -3.76. The molecule has 1 amide bonds. The minimum absolute atomic E-state index is 0.00348. The zero-order chi connectivity index (χ0) is 14.8. The minimum Gasteiger partial charge on any atom is -0.440 e. The van der Waals surface area contributed by atoms with E-state index >= 15 is 0 Å². The smallest absolute Gasteiger partial charge is 0.422 e. The third kappa shape index (κ3) is 4.43. The molecule has 6 heteroatoms. The van der Waals surface area contributed by atoms with Gasteiger partial charge in [-0.05, 0) is 25.3 Å². The molecule has 0 radical (unpaired) electrons. The van der Waals surface area contributed by atoms with Crippen LogP contribution in [0.25, 0.3) is 0 Å². The molecule has 0 unspecified atom stereocenters. The molecular weight excluding hydrogens is 271 g/mol. The second kappa shape index (κ2) is 5.73. The maximum atomic E-state index is 12.1. The van der Waals surface area contributed by atoms with Gasteiger partial charge in [0.05, 0.1) is 0 Å². The van der Waals surface area contributed by atoms with Crippen molar-refractivity contribution in [1.82, 2.24) is 4.90 Å². The molecule has 1 aromatic rings. The molecule has 1 aromatic carbocycles. The average molecular weight is 287 g/mol. The van der Waals surface area contributed by atoms with Crippen LogP contribution in [0.15, 0.2) is 24.3 Å². The number of halogens is 3. The molecule has 0 spiro atoms. The molecule has 0 saturated heterocycles. The van der Waals surface area contributed by atoms with E-state index in [1.807, 2.05) is 31.2 Å². The maximum Gasteiger partial charge on any atom is 0.422 e.